The van der Waals surface area contributed by atoms with Gasteiger partial charge in [0.15, 0.2) is 5.75 Å². The zero-order valence-corrected chi connectivity index (χ0v) is 18.6. The van der Waals surface area contributed by atoms with Crippen LogP contribution in [0.15, 0.2) is 35.2 Å². The number of benzene rings is 2. The molecule has 2 atom stereocenters. The highest BCUT2D eigenvalue weighted by Gasteiger charge is 2.46. The fourth-order valence-electron chi connectivity index (χ4n) is 4.34. The maximum atomic E-state index is 13.6. The van der Waals surface area contributed by atoms with Crippen LogP contribution in [0, 0.1) is 5.82 Å². The van der Waals surface area contributed by atoms with Gasteiger partial charge in [-0.2, -0.15) is 4.31 Å². The molecule has 3 N–H and O–H groups in total. The van der Waals surface area contributed by atoms with Crippen LogP contribution in [0.2, 0.25) is 10.0 Å². The SMILES string of the molecule is O=C(Nc1ccc(Cl)c(S(=O)(=O)N2[C@@H]3CCC[C@H]2CC3)c1O)Nc1cccc(F)c1Cl. The minimum atomic E-state index is -4.08. The van der Waals surface area contributed by atoms with Crippen molar-refractivity contribution >= 4 is 50.6 Å². The van der Waals surface area contributed by atoms with E-state index >= 15 is 0 Å². The number of aromatic hydroxyl groups is 1. The van der Waals surface area contributed by atoms with Gasteiger partial charge in [-0.15, -0.1) is 0 Å². The van der Waals surface area contributed by atoms with Crippen molar-refractivity contribution in [3.63, 3.8) is 0 Å². The molecule has 2 saturated heterocycles. The minimum Gasteiger partial charge on any atom is -0.504 e. The Labute approximate surface area is 189 Å². The Morgan fingerprint density at radius 3 is 2.35 bits per heavy atom. The van der Waals surface area contributed by atoms with Crippen LogP contribution in [0.4, 0.5) is 20.6 Å². The number of amides is 2. The molecule has 2 aliphatic heterocycles. The smallest absolute Gasteiger partial charge is 0.323 e. The van der Waals surface area contributed by atoms with Crippen LogP contribution in [-0.2, 0) is 10.0 Å². The molecule has 0 radical (unpaired) electrons. The van der Waals surface area contributed by atoms with Crippen molar-refractivity contribution in [1.29, 1.82) is 0 Å². The maximum absolute atomic E-state index is 13.6. The molecule has 0 aliphatic carbocycles. The number of nitrogens with one attached hydrogen (secondary N) is 2. The van der Waals surface area contributed by atoms with Crippen molar-refractivity contribution in [2.45, 2.75) is 49.1 Å². The zero-order valence-electron chi connectivity index (χ0n) is 16.2. The second kappa shape index (κ2) is 8.46. The summed E-state index contributed by atoms with van der Waals surface area (Å²) < 4.78 is 41.8. The van der Waals surface area contributed by atoms with E-state index in [1.165, 1.54) is 28.6 Å². The van der Waals surface area contributed by atoms with E-state index < -0.39 is 32.5 Å². The zero-order chi connectivity index (χ0) is 22.3. The first-order chi connectivity index (χ1) is 14.7. The fourth-order valence-corrected chi connectivity index (χ4v) is 7.04. The number of anilines is 2. The third-order valence-electron chi connectivity index (χ3n) is 5.69. The topological polar surface area (TPSA) is 98.7 Å². The third kappa shape index (κ3) is 4.07. The van der Waals surface area contributed by atoms with Gasteiger partial charge in [-0.1, -0.05) is 35.7 Å². The predicted octanol–water partition coefficient (Wildman–Crippen LogP) is 5.19. The standard InChI is InChI=1S/C20H20Cl2FN3O4S/c21-13-9-10-16(25-20(28)24-15-6-2-5-14(23)17(15)22)18(27)19(13)31(29,30)26-11-3-1-4-12(26)8-7-11/h2,5-6,9-12,27H,1,3-4,7-8H2,(H2,24,25,28)/t11-,12+. The van der Waals surface area contributed by atoms with Gasteiger partial charge in [-0.25, -0.2) is 17.6 Å². The molecule has 2 aromatic carbocycles. The summed E-state index contributed by atoms with van der Waals surface area (Å²) in [7, 11) is -4.08. The number of halogens is 3. The van der Waals surface area contributed by atoms with Crippen LogP contribution < -0.4 is 10.6 Å². The number of phenols is 1. The molecule has 2 fully saturated rings. The number of phenolic OH excluding ortho intramolecular Hbond substituents is 1. The second-order valence-electron chi connectivity index (χ2n) is 7.60. The van der Waals surface area contributed by atoms with Gasteiger partial charge in [0, 0.05) is 12.1 Å². The van der Waals surface area contributed by atoms with Crippen molar-refractivity contribution in [1.82, 2.24) is 4.31 Å². The van der Waals surface area contributed by atoms with E-state index in [2.05, 4.69) is 10.6 Å². The number of carbonyl (C=O) groups excluding carboxylic acids is 1. The molecule has 0 aromatic heterocycles. The van der Waals surface area contributed by atoms with Crippen LogP contribution in [0.1, 0.15) is 32.1 Å². The number of urea groups is 1. The summed E-state index contributed by atoms with van der Waals surface area (Å²) in [6.45, 7) is 0. The monoisotopic (exact) mass is 487 g/mol. The van der Waals surface area contributed by atoms with E-state index in [0.717, 1.165) is 38.2 Å². The first kappa shape index (κ1) is 22.1. The molecule has 2 aromatic rings. The summed E-state index contributed by atoms with van der Waals surface area (Å²) in [5, 5.41) is 15.0. The van der Waals surface area contributed by atoms with Gasteiger partial charge in [0.1, 0.15) is 10.7 Å². The lowest BCUT2D eigenvalue weighted by molar-refractivity contribution is 0.247. The Kier molecular flexibility index (Phi) is 6.04. The molecule has 0 spiro atoms. The van der Waals surface area contributed by atoms with E-state index in [0.29, 0.717) is 0 Å². The van der Waals surface area contributed by atoms with Crippen LogP contribution in [0.3, 0.4) is 0 Å². The fraction of sp³-hybridized carbons (Fsp3) is 0.350. The maximum Gasteiger partial charge on any atom is 0.323 e. The number of sulfonamides is 1. The predicted molar refractivity (Wildman–Crippen MR) is 117 cm³/mol. The van der Waals surface area contributed by atoms with E-state index in [1.807, 2.05) is 0 Å². The Morgan fingerprint density at radius 1 is 1.03 bits per heavy atom. The molecular formula is C20H20Cl2FN3O4S. The van der Waals surface area contributed by atoms with Crippen LogP contribution in [0.25, 0.3) is 0 Å². The molecule has 2 aliphatic rings. The Balaban J connectivity index is 1.62. The molecule has 2 amide bonds. The molecule has 0 unspecified atom stereocenters. The Morgan fingerprint density at radius 2 is 1.68 bits per heavy atom. The highest BCUT2D eigenvalue weighted by molar-refractivity contribution is 7.89. The molecule has 31 heavy (non-hydrogen) atoms. The van der Waals surface area contributed by atoms with Crippen LogP contribution in [-0.4, -0.2) is 35.9 Å². The molecule has 2 bridgehead atoms. The van der Waals surface area contributed by atoms with Gasteiger partial charge in [-0.05, 0) is 49.9 Å². The third-order valence-corrected chi connectivity index (χ3v) is 8.59. The van der Waals surface area contributed by atoms with Gasteiger partial charge in [0.25, 0.3) is 0 Å². The van der Waals surface area contributed by atoms with E-state index in [-0.39, 0.29) is 33.5 Å². The second-order valence-corrected chi connectivity index (χ2v) is 10.2. The van der Waals surface area contributed by atoms with Gasteiger partial charge >= 0.3 is 6.03 Å². The average Bonchev–Trinajstić information content (AvgIpc) is 2.98. The van der Waals surface area contributed by atoms with E-state index in [1.54, 1.807) is 0 Å². The van der Waals surface area contributed by atoms with Gasteiger partial charge in [-0.3, -0.25) is 0 Å². The lowest BCUT2D eigenvalue weighted by Gasteiger charge is -2.34. The number of hydrogen-bond acceptors (Lipinski definition) is 4. The first-order valence-corrected chi connectivity index (χ1v) is 12.0. The highest BCUT2D eigenvalue weighted by atomic mass is 35.5. The van der Waals surface area contributed by atoms with Crippen molar-refractivity contribution < 1.29 is 22.7 Å². The number of rotatable bonds is 4. The molecule has 166 valence electrons. The first-order valence-electron chi connectivity index (χ1n) is 9.77. The normalized spacial score (nSPS) is 21.1. The van der Waals surface area contributed by atoms with Crippen molar-refractivity contribution in [2.75, 3.05) is 10.6 Å². The number of hydrogen-bond donors (Lipinski definition) is 3. The molecule has 0 saturated carbocycles. The van der Waals surface area contributed by atoms with E-state index in [9.17, 15) is 22.7 Å². The van der Waals surface area contributed by atoms with Gasteiger partial charge in [0.05, 0.1) is 21.4 Å². The number of fused-ring (bicyclic) bond motifs is 2. The molecular weight excluding hydrogens is 468 g/mol. The molecule has 4 rings (SSSR count). The summed E-state index contributed by atoms with van der Waals surface area (Å²) in [6, 6.07) is 5.42. The summed E-state index contributed by atoms with van der Waals surface area (Å²) >= 11 is 12.0. The van der Waals surface area contributed by atoms with Gasteiger partial charge < -0.3 is 15.7 Å². The molecule has 11 heteroatoms. The average molecular weight is 488 g/mol. The van der Waals surface area contributed by atoms with Gasteiger partial charge in [0.2, 0.25) is 10.0 Å². The summed E-state index contributed by atoms with van der Waals surface area (Å²) in [5.41, 5.74) is -0.136. The van der Waals surface area contributed by atoms with Crippen LogP contribution >= 0.6 is 23.2 Å². The quantitative estimate of drug-likeness (QED) is 0.516. The molecule has 7 nitrogen and oxygen atoms in total. The minimum absolute atomic E-state index is 0.0188. The summed E-state index contributed by atoms with van der Waals surface area (Å²) in [5.74, 6) is -1.36. The number of carbonyl (C=O) groups is 1. The van der Waals surface area contributed by atoms with Crippen molar-refractivity contribution in [3.05, 3.63) is 46.2 Å². The summed E-state index contributed by atoms with van der Waals surface area (Å²) in [4.78, 5) is 11.9. The lowest BCUT2D eigenvalue weighted by Crippen LogP contribution is -2.44. The van der Waals surface area contributed by atoms with E-state index in [4.69, 9.17) is 23.2 Å². The summed E-state index contributed by atoms with van der Waals surface area (Å²) in [6.07, 6.45) is 4.05. The number of nitrogens with zero attached hydrogens (tertiary/aromatic N) is 1. The lowest BCUT2D eigenvalue weighted by atomic mass is 10.1. The van der Waals surface area contributed by atoms with Crippen molar-refractivity contribution in [2.24, 2.45) is 0 Å². The molecule has 2 heterocycles. The number of piperidine rings is 1. The van der Waals surface area contributed by atoms with Crippen LogP contribution in [0.5, 0.6) is 5.75 Å². The Hall–Kier alpha value is -2.07. The highest BCUT2D eigenvalue weighted by Crippen LogP contribution is 2.45. The van der Waals surface area contributed by atoms with Crippen molar-refractivity contribution in [3.8, 4) is 5.75 Å². The largest absolute Gasteiger partial charge is 0.504 e. The Bertz CT molecular complexity index is 1130.